The van der Waals surface area contributed by atoms with Crippen LogP contribution < -0.4 is 5.73 Å². The van der Waals surface area contributed by atoms with Gasteiger partial charge < -0.3 is 15.2 Å². The molecule has 0 unspecified atom stereocenters. The predicted octanol–water partition coefficient (Wildman–Crippen LogP) is -0.0541. The molecule has 0 fully saturated rings. The van der Waals surface area contributed by atoms with Crippen LogP contribution in [0.25, 0.3) is 0 Å². The molecule has 0 aromatic carbocycles. The van der Waals surface area contributed by atoms with E-state index in [0.717, 1.165) is 25.2 Å². The van der Waals surface area contributed by atoms with Gasteiger partial charge in [-0.15, -0.1) is 0 Å². The average Bonchev–Trinajstić information content (AvgIpc) is 2.50. The SMILES string of the molecule is CN(C)CCn1cnc(CCN)c1. The van der Waals surface area contributed by atoms with Crippen molar-refractivity contribution < 1.29 is 0 Å². The highest BCUT2D eigenvalue weighted by molar-refractivity contribution is 4.96. The van der Waals surface area contributed by atoms with Crippen LogP contribution in [0.2, 0.25) is 0 Å². The molecule has 0 saturated heterocycles. The molecular formula is C9H18N4. The summed E-state index contributed by atoms with van der Waals surface area (Å²) in [5.74, 6) is 0. The zero-order valence-electron chi connectivity index (χ0n) is 8.40. The minimum absolute atomic E-state index is 0.671. The first kappa shape index (κ1) is 10.2. The van der Waals surface area contributed by atoms with Gasteiger partial charge in [-0.3, -0.25) is 0 Å². The number of hydrogen-bond donors (Lipinski definition) is 1. The zero-order valence-corrected chi connectivity index (χ0v) is 8.40. The molecule has 0 spiro atoms. The fraction of sp³-hybridized carbons (Fsp3) is 0.667. The maximum atomic E-state index is 5.43. The molecule has 0 saturated carbocycles. The standard InChI is InChI=1S/C9H18N4/c1-12(2)5-6-13-7-9(3-4-10)11-8-13/h7-8H,3-6,10H2,1-2H3. The normalized spacial score (nSPS) is 11.1. The summed E-state index contributed by atoms with van der Waals surface area (Å²) >= 11 is 0. The number of hydrogen-bond acceptors (Lipinski definition) is 3. The maximum absolute atomic E-state index is 5.43. The Labute approximate surface area is 79.4 Å². The molecular weight excluding hydrogens is 164 g/mol. The number of nitrogens with zero attached hydrogens (tertiary/aromatic N) is 3. The van der Waals surface area contributed by atoms with E-state index in [2.05, 4.69) is 34.7 Å². The van der Waals surface area contributed by atoms with Crippen molar-refractivity contribution in [3.8, 4) is 0 Å². The van der Waals surface area contributed by atoms with Crippen molar-refractivity contribution in [2.75, 3.05) is 27.2 Å². The van der Waals surface area contributed by atoms with Gasteiger partial charge in [0.15, 0.2) is 0 Å². The van der Waals surface area contributed by atoms with Gasteiger partial charge in [0.25, 0.3) is 0 Å². The largest absolute Gasteiger partial charge is 0.336 e. The van der Waals surface area contributed by atoms with Crippen molar-refractivity contribution >= 4 is 0 Å². The average molecular weight is 182 g/mol. The van der Waals surface area contributed by atoms with Crippen molar-refractivity contribution in [3.63, 3.8) is 0 Å². The van der Waals surface area contributed by atoms with Crippen molar-refractivity contribution in [2.24, 2.45) is 5.73 Å². The van der Waals surface area contributed by atoms with Crippen LogP contribution in [0.15, 0.2) is 12.5 Å². The summed E-state index contributed by atoms with van der Waals surface area (Å²) in [6.07, 6.45) is 4.81. The molecule has 0 bridgehead atoms. The Morgan fingerprint density at radius 1 is 1.54 bits per heavy atom. The van der Waals surface area contributed by atoms with E-state index in [9.17, 15) is 0 Å². The molecule has 74 valence electrons. The highest BCUT2D eigenvalue weighted by Crippen LogP contribution is 1.96. The van der Waals surface area contributed by atoms with Gasteiger partial charge >= 0.3 is 0 Å². The Kier molecular flexibility index (Phi) is 3.92. The van der Waals surface area contributed by atoms with E-state index >= 15 is 0 Å². The molecule has 2 N–H and O–H groups in total. The van der Waals surface area contributed by atoms with Crippen molar-refractivity contribution in [1.29, 1.82) is 0 Å². The summed E-state index contributed by atoms with van der Waals surface area (Å²) in [6, 6.07) is 0. The predicted molar refractivity (Wildman–Crippen MR) is 53.5 cm³/mol. The number of likely N-dealkylation sites (N-methyl/N-ethyl adjacent to an activating group) is 1. The summed E-state index contributed by atoms with van der Waals surface area (Å²) in [4.78, 5) is 6.40. The Hall–Kier alpha value is -0.870. The van der Waals surface area contributed by atoms with Gasteiger partial charge in [-0.2, -0.15) is 0 Å². The molecule has 13 heavy (non-hydrogen) atoms. The lowest BCUT2D eigenvalue weighted by Crippen LogP contribution is -2.17. The first-order chi connectivity index (χ1) is 6.22. The van der Waals surface area contributed by atoms with E-state index in [0.29, 0.717) is 6.54 Å². The lowest BCUT2D eigenvalue weighted by molar-refractivity contribution is 0.383. The first-order valence-corrected chi connectivity index (χ1v) is 4.58. The van der Waals surface area contributed by atoms with Gasteiger partial charge in [0, 0.05) is 25.7 Å². The summed E-state index contributed by atoms with van der Waals surface area (Å²) in [6.45, 7) is 2.70. The van der Waals surface area contributed by atoms with E-state index in [1.54, 1.807) is 0 Å². The topological polar surface area (TPSA) is 47.1 Å². The van der Waals surface area contributed by atoms with E-state index in [1.807, 2.05) is 6.33 Å². The van der Waals surface area contributed by atoms with Crippen molar-refractivity contribution in [1.82, 2.24) is 14.5 Å². The quantitative estimate of drug-likeness (QED) is 0.694. The number of rotatable bonds is 5. The Morgan fingerprint density at radius 3 is 2.92 bits per heavy atom. The van der Waals surface area contributed by atoms with E-state index in [1.165, 1.54) is 0 Å². The monoisotopic (exact) mass is 182 g/mol. The van der Waals surface area contributed by atoms with Gasteiger partial charge in [-0.25, -0.2) is 4.98 Å². The molecule has 4 nitrogen and oxygen atoms in total. The highest BCUT2D eigenvalue weighted by atomic mass is 15.1. The second kappa shape index (κ2) is 4.99. The second-order valence-corrected chi connectivity index (χ2v) is 3.44. The molecule has 0 radical (unpaired) electrons. The summed E-state index contributed by atoms with van der Waals surface area (Å²) in [5.41, 5.74) is 6.52. The lowest BCUT2D eigenvalue weighted by Gasteiger charge is -2.08. The van der Waals surface area contributed by atoms with Crippen LogP contribution in [0, 0.1) is 0 Å². The van der Waals surface area contributed by atoms with Crippen LogP contribution in [0.3, 0.4) is 0 Å². The van der Waals surface area contributed by atoms with Crippen LogP contribution in [0.5, 0.6) is 0 Å². The van der Waals surface area contributed by atoms with Crippen LogP contribution in [0.1, 0.15) is 5.69 Å². The molecule has 4 heteroatoms. The molecule has 1 aromatic rings. The third-order valence-corrected chi connectivity index (χ3v) is 1.89. The zero-order chi connectivity index (χ0) is 9.68. The molecule has 1 aromatic heterocycles. The number of aromatic nitrogens is 2. The fourth-order valence-corrected chi connectivity index (χ4v) is 1.12. The third kappa shape index (κ3) is 3.57. The van der Waals surface area contributed by atoms with E-state index in [-0.39, 0.29) is 0 Å². The molecule has 0 amide bonds. The van der Waals surface area contributed by atoms with Crippen LogP contribution >= 0.6 is 0 Å². The van der Waals surface area contributed by atoms with E-state index in [4.69, 9.17) is 5.73 Å². The first-order valence-electron chi connectivity index (χ1n) is 4.58. The Bertz CT molecular complexity index is 242. The van der Waals surface area contributed by atoms with Crippen molar-refractivity contribution in [3.05, 3.63) is 18.2 Å². The van der Waals surface area contributed by atoms with Gasteiger partial charge in [0.05, 0.1) is 12.0 Å². The van der Waals surface area contributed by atoms with Gasteiger partial charge in [-0.05, 0) is 20.6 Å². The van der Waals surface area contributed by atoms with Crippen molar-refractivity contribution in [2.45, 2.75) is 13.0 Å². The smallest absolute Gasteiger partial charge is 0.0949 e. The minimum Gasteiger partial charge on any atom is -0.336 e. The van der Waals surface area contributed by atoms with E-state index < -0.39 is 0 Å². The molecule has 1 heterocycles. The van der Waals surface area contributed by atoms with Gasteiger partial charge in [0.2, 0.25) is 0 Å². The highest BCUT2D eigenvalue weighted by Gasteiger charge is 1.97. The maximum Gasteiger partial charge on any atom is 0.0949 e. The third-order valence-electron chi connectivity index (χ3n) is 1.89. The lowest BCUT2D eigenvalue weighted by atomic mass is 10.3. The number of imidazole rings is 1. The second-order valence-electron chi connectivity index (χ2n) is 3.44. The van der Waals surface area contributed by atoms with Crippen LogP contribution in [-0.4, -0.2) is 41.6 Å². The molecule has 0 aliphatic carbocycles. The van der Waals surface area contributed by atoms with Crippen LogP contribution in [0.4, 0.5) is 0 Å². The molecule has 0 atom stereocenters. The van der Waals surface area contributed by atoms with Gasteiger partial charge in [0.1, 0.15) is 0 Å². The minimum atomic E-state index is 0.671. The summed E-state index contributed by atoms with van der Waals surface area (Å²) < 4.78 is 2.10. The Morgan fingerprint density at radius 2 is 2.31 bits per heavy atom. The molecule has 1 rings (SSSR count). The van der Waals surface area contributed by atoms with Gasteiger partial charge in [-0.1, -0.05) is 0 Å². The fourth-order valence-electron chi connectivity index (χ4n) is 1.12. The molecule has 0 aliphatic rings. The summed E-state index contributed by atoms with van der Waals surface area (Å²) in [5, 5.41) is 0. The van der Waals surface area contributed by atoms with Crippen LogP contribution in [-0.2, 0) is 13.0 Å². The number of nitrogens with two attached hydrogens (primary N) is 1. The molecule has 0 aliphatic heterocycles. The summed E-state index contributed by atoms with van der Waals surface area (Å²) in [7, 11) is 4.13. The Balaban J connectivity index is 2.39.